The summed E-state index contributed by atoms with van der Waals surface area (Å²) in [5, 5.41) is 5.31. The summed E-state index contributed by atoms with van der Waals surface area (Å²) >= 11 is 0. The molecule has 0 amide bonds. The molecule has 4 nitrogen and oxygen atoms in total. The van der Waals surface area contributed by atoms with Crippen molar-refractivity contribution in [3.63, 3.8) is 0 Å². The summed E-state index contributed by atoms with van der Waals surface area (Å²) in [5.41, 5.74) is 5.84. The first-order valence-corrected chi connectivity index (χ1v) is 3.06. The molecule has 0 spiro atoms. The fourth-order valence-electron chi connectivity index (χ4n) is 0.672. The Morgan fingerprint density at radius 2 is 2.36 bits per heavy atom. The molecule has 11 heavy (non-hydrogen) atoms. The van der Waals surface area contributed by atoms with Crippen LogP contribution in [0.4, 0.5) is 5.82 Å². The zero-order chi connectivity index (χ0) is 8.27. The van der Waals surface area contributed by atoms with Crippen LogP contribution in [0.3, 0.4) is 0 Å². The summed E-state index contributed by atoms with van der Waals surface area (Å²) in [6.07, 6.45) is 0. The third kappa shape index (κ3) is 1.61. The van der Waals surface area contributed by atoms with Gasteiger partial charge in [0.2, 0.25) is 0 Å². The Bertz CT molecular complexity index is 292. The average Bonchev–Trinajstić information content (AvgIpc) is 2.05. The molecule has 1 heterocycles. The lowest BCUT2D eigenvalue weighted by molar-refractivity contribution is -0.114. The van der Waals surface area contributed by atoms with Crippen LogP contribution in [0.15, 0.2) is 23.2 Å². The molecule has 0 saturated carbocycles. The standard InChI is InChI=1S/C7H8N4/c1-10-6-4-2-3-5(11-6)7(8)9/h2-4H,1H2,(H3,8,9)/p+1. The Hall–Kier alpha value is -1.71. The lowest BCUT2D eigenvalue weighted by atomic mass is 10.3. The molecule has 0 fully saturated rings. The van der Waals surface area contributed by atoms with Gasteiger partial charge >= 0.3 is 0 Å². The second-order valence-corrected chi connectivity index (χ2v) is 1.99. The van der Waals surface area contributed by atoms with Crippen molar-refractivity contribution in [1.82, 2.24) is 4.98 Å². The van der Waals surface area contributed by atoms with Crippen molar-refractivity contribution in [1.29, 1.82) is 0 Å². The zero-order valence-corrected chi connectivity index (χ0v) is 5.99. The minimum absolute atomic E-state index is 0.190. The highest BCUT2D eigenvalue weighted by molar-refractivity contribution is 5.90. The van der Waals surface area contributed by atoms with Gasteiger partial charge in [-0.25, -0.2) is 9.98 Å². The van der Waals surface area contributed by atoms with Gasteiger partial charge in [-0.05, 0) is 18.9 Å². The molecular weight excluding hydrogens is 140 g/mol. The molecule has 0 atom stereocenters. The van der Waals surface area contributed by atoms with E-state index < -0.39 is 0 Å². The summed E-state index contributed by atoms with van der Waals surface area (Å²) in [4.78, 5) is 7.60. The van der Waals surface area contributed by atoms with Gasteiger partial charge in [-0.1, -0.05) is 6.07 Å². The van der Waals surface area contributed by atoms with Gasteiger partial charge in [0.25, 0.3) is 5.84 Å². The zero-order valence-electron chi connectivity index (χ0n) is 5.99. The van der Waals surface area contributed by atoms with Crippen molar-refractivity contribution in [3.05, 3.63) is 23.9 Å². The van der Waals surface area contributed by atoms with E-state index in [0.717, 1.165) is 0 Å². The topological polar surface area (TPSA) is 76.9 Å². The largest absolute Gasteiger partial charge is 0.289 e. The third-order valence-corrected chi connectivity index (χ3v) is 1.19. The van der Waals surface area contributed by atoms with Crippen LogP contribution in [0.1, 0.15) is 5.69 Å². The number of aromatic nitrogens is 1. The minimum atomic E-state index is 0.190. The quantitative estimate of drug-likeness (QED) is 0.412. The molecule has 4 N–H and O–H groups in total. The van der Waals surface area contributed by atoms with E-state index in [9.17, 15) is 0 Å². The fourth-order valence-corrected chi connectivity index (χ4v) is 0.672. The van der Waals surface area contributed by atoms with E-state index in [2.05, 4.69) is 16.7 Å². The Morgan fingerprint density at radius 3 is 2.91 bits per heavy atom. The van der Waals surface area contributed by atoms with E-state index >= 15 is 0 Å². The normalized spacial score (nSPS) is 9.09. The summed E-state index contributed by atoms with van der Waals surface area (Å²) in [7, 11) is 0. The van der Waals surface area contributed by atoms with E-state index in [1.54, 1.807) is 18.2 Å². The highest BCUT2D eigenvalue weighted by atomic mass is 14.9. The fraction of sp³-hybridized carbons (Fsp3) is 0. The maximum Gasteiger partial charge on any atom is 0.289 e. The lowest BCUT2D eigenvalue weighted by Gasteiger charge is -1.93. The molecule has 0 bridgehead atoms. The van der Waals surface area contributed by atoms with Crippen LogP contribution in [-0.4, -0.2) is 17.5 Å². The molecule has 0 saturated heterocycles. The SMILES string of the molecule is C=Nc1cccc(C(N)=[NH2+])n1. The van der Waals surface area contributed by atoms with Crippen molar-refractivity contribution in [2.45, 2.75) is 0 Å². The maximum atomic E-state index is 5.31. The summed E-state index contributed by atoms with van der Waals surface area (Å²) in [5.74, 6) is 0.714. The number of hydrogen-bond donors (Lipinski definition) is 2. The van der Waals surface area contributed by atoms with Crippen LogP contribution >= 0.6 is 0 Å². The van der Waals surface area contributed by atoms with Gasteiger partial charge in [-0.15, -0.1) is 0 Å². The Morgan fingerprint density at radius 1 is 1.64 bits per heavy atom. The molecule has 1 aromatic heterocycles. The van der Waals surface area contributed by atoms with E-state index in [1.165, 1.54) is 0 Å². The molecule has 0 aromatic carbocycles. The van der Waals surface area contributed by atoms with Crippen LogP contribution in [0, 0.1) is 0 Å². The van der Waals surface area contributed by atoms with Crippen LogP contribution in [0.25, 0.3) is 0 Å². The van der Waals surface area contributed by atoms with Crippen molar-refractivity contribution < 1.29 is 5.41 Å². The first-order valence-electron chi connectivity index (χ1n) is 3.06. The van der Waals surface area contributed by atoms with Gasteiger partial charge in [-0.3, -0.25) is 11.1 Å². The number of pyridine rings is 1. The molecule has 0 aliphatic carbocycles. The van der Waals surface area contributed by atoms with Crippen LogP contribution in [0.5, 0.6) is 0 Å². The molecule has 1 aromatic rings. The lowest BCUT2D eigenvalue weighted by Crippen LogP contribution is -2.46. The average molecular weight is 149 g/mol. The molecule has 0 radical (unpaired) electrons. The van der Waals surface area contributed by atoms with Crippen LogP contribution in [-0.2, 0) is 0 Å². The molecule has 1 rings (SSSR count). The van der Waals surface area contributed by atoms with E-state index in [4.69, 9.17) is 11.1 Å². The van der Waals surface area contributed by atoms with Crippen molar-refractivity contribution >= 4 is 18.4 Å². The summed E-state index contributed by atoms with van der Waals surface area (Å²) < 4.78 is 0. The number of nitrogens with zero attached hydrogens (tertiary/aromatic N) is 2. The minimum Gasteiger partial charge on any atom is -0.286 e. The van der Waals surface area contributed by atoms with Gasteiger partial charge in [0, 0.05) is 0 Å². The van der Waals surface area contributed by atoms with Gasteiger partial charge in [0.1, 0.15) is 0 Å². The molecule has 0 unspecified atom stereocenters. The second kappa shape index (κ2) is 2.92. The third-order valence-electron chi connectivity index (χ3n) is 1.19. The van der Waals surface area contributed by atoms with Crippen molar-refractivity contribution in [2.75, 3.05) is 0 Å². The second-order valence-electron chi connectivity index (χ2n) is 1.99. The highest BCUT2D eigenvalue weighted by Gasteiger charge is 2.01. The molecule has 56 valence electrons. The van der Waals surface area contributed by atoms with Gasteiger partial charge in [0.15, 0.2) is 11.5 Å². The molecular formula is C7H9N4+. The van der Waals surface area contributed by atoms with Crippen molar-refractivity contribution in [2.24, 2.45) is 10.7 Å². The number of aliphatic imine (C=N–C) groups is 1. The summed E-state index contributed by atoms with van der Waals surface area (Å²) in [6.45, 7) is 3.33. The number of nitrogens with two attached hydrogens (primary N) is 2. The number of rotatable bonds is 2. The van der Waals surface area contributed by atoms with Crippen LogP contribution in [0.2, 0.25) is 0 Å². The molecule has 0 aliphatic rings. The predicted molar refractivity (Wildman–Crippen MR) is 43.7 cm³/mol. The molecule has 4 heteroatoms. The summed E-state index contributed by atoms with van der Waals surface area (Å²) in [6, 6.07) is 5.20. The first kappa shape index (κ1) is 7.40. The van der Waals surface area contributed by atoms with E-state index in [-0.39, 0.29) is 5.84 Å². The van der Waals surface area contributed by atoms with Gasteiger partial charge in [0.05, 0.1) is 0 Å². The predicted octanol–water partition coefficient (Wildman–Crippen LogP) is -1.12. The maximum absolute atomic E-state index is 5.31. The van der Waals surface area contributed by atoms with Crippen LogP contribution < -0.4 is 11.1 Å². The monoisotopic (exact) mass is 149 g/mol. The number of amidine groups is 1. The Labute approximate surface area is 64.3 Å². The van der Waals surface area contributed by atoms with Gasteiger partial charge < -0.3 is 0 Å². The molecule has 0 aliphatic heterocycles. The number of hydrogen-bond acceptors (Lipinski definition) is 2. The Balaban J connectivity index is 3.10. The first-order chi connectivity index (χ1) is 5.24. The Kier molecular flexibility index (Phi) is 1.96. The van der Waals surface area contributed by atoms with Gasteiger partial charge in [-0.2, -0.15) is 0 Å². The smallest absolute Gasteiger partial charge is 0.286 e. The van der Waals surface area contributed by atoms with E-state index in [1.807, 2.05) is 0 Å². The van der Waals surface area contributed by atoms with Crippen molar-refractivity contribution in [3.8, 4) is 0 Å². The highest BCUT2D eigenvalue weighted by Crippen LogP contribution is 2.05. The van der Waals surface area contributed by atoms with E-state index in [0.29, 0.717) is 11.5 Å².